The van der Waals surface area contributed by atoms with Crippen molar-refractivity contribution in [2.75, 3.05) is 7.11 Å². The van der Waals surface area contributed by atoms with Gasteiger partial charge in [-0.05, 0) is 36.1 Å². The molecule has 2 aromatic rings. The number of rotatable bonds is 2. The molecule has 2 N–H and O–H groups in total. The van der Waals surface area contributed by atoms with Gasteiger partial charge in [-0.1, -0.05) is 6.07 Å². The highest BCUT2D eigenvalue weighted by Crippen LogP contribution is 2.41. The molecule has 0 amide bonds. The van der Waals surface area contributed by atoms with Crippen LogP contribution in [0.1, 0.15) is 23.1 Å². The van der Waals surface area contributed by atoms with E-state index in [0.717, 1.165) is 29.7 Å². The van der Waals surface area contributed by atoms with Crippen LogP contribution in [-0.4, -0.2) is 16.9 Å². The third-order valence-electron chi connectivity index (χ3n) is 3.81. The van der Waals surface area contributed by atoms with Crippen LogP contribution >= 0.6 is 0 Å². The fourth-order valence-corrected chi connectivity index (χ4v) is 2.73. The molecule has 0 saturated heterocycles. The van der Waals surface area contributed by atoms with Gasteiger partial charge in [0, 0.05) is 18.8 Å². The Bertz CT molecular complexity index is 590. The van der Waals surface area contributed by atoms with Gasteiger partial charge in [-0.3, -0.25) is 4.68 Å². The Morgan fingerprint density at radius 2 is 2.28 bits per heavy atom. The van der Waals surface area contributed by atoms with E-state index >= 15 is 0 Å². The minimum Gasteiger partial charge on any atom is -0.497 e. The van der Waals surface area contributed by atoms with Crippen molar-refractivity contribution < 1.29 is 4.74 Å². The van der Waals surface area contributed by atoms with Gasteiger partial charge in [-0.25, -0.2) is 0 Å². The zero-order chi connectivity index (χ0) is 12.8. The summed E-state index contributed by atoms with van der Waals surface area (Å²) in [4.78, 5) is 0. The number of hydrogen-bond acceptors (Lipinski definition) is 3. The van der Waals surface area contributed by atoms with Crippen molar-refractivity contribution in [1.29, 1.82) is 0 Å². The lowest BCUT2D eigenvalue weighted by Gasteiger charge is -2.24. The van der Waals surface area contributed by atoms with Crippen molar-refractivity contribution >= 4 is 0 Å². The van der Waals surface area contributed by atoms with E-state index in [0.29, 0.717) is 0 Å². The van der Waals surface area contributed by atoms with E-state index in [1.165, 1.54) is 5.56 Å². The highest BCUT2D eigenvalue weighted by molar-refractivity contribution is 5.49. The van der Waals surface area contributed by atoms with Gasteiger partial charge in [0.05, 0.1) is 18.8 Å². The fraction of sp³-hybridized carbons (Fsp3) is 0.357. The Kier molecular flexibility index (Phi) is 2.41. The molecule has 1 aliphatic carbocycles. The molecule has 1 unspecified atom stereocenters. The Morgan fingerprint density at radius 1 is 1.44 bits per heavy atom. The van der Waals surface area contributed by atoms with Crippen LogP contribution in [0, 0.1) is 0 Å². The van der Waals surface area contributed by atoms with Gasteiger partial charge in [-0.2, -0.15) is 5.10 Å². The molecule has 0 aliphatic heterocycles. The van der Waals surface area contributed by atoms with E-state index in [9.17, 15) is 0 Å². The van der Waals surface area contributed by atoms with Crippen LogP contribution < -0.4 is 10.5 Å². The highest BCUT2D eigenvalue weighted by atomic mass is 16.5. The third-order valence-corrected chi connectivity index (χ3v) is 3.81. The van der Waals surface area contributed by atoms with Crippen LogP contribution in [0.25, 0.3) is 0 Å². The highest BCUT2D eigenvalue weighted by Gasteiger charge is 2.37. The molecule has 1 atom stereocenters. The summed E-state index contributed by atoms with van der Waals surface area (Å²) in [5.74, 6) is 0.856. The zero-order valence-electron chi connectivity index (χ0n) is 10.7. The molecule has 4 nitrogen and oxygen atoms in total. The smallest absolute Gasteiger partial charge is 0.119 e. The van der Waals surface area contributed by atoms with E-state index in [1.807, 2.05) is 25.5 Å². The van der Waals surface area contributed by atoms with Gasteiger partial charge in [0.15, 0.2) is 0 Å². The minimum absolute atomic E-state index is 0.432. The van der Waals surface area contributed by atoms with E-state index < -0.39 is 5.54 Å². The summed E-state index contributed by atoms with van der Waals surface area (Å²) in [7, 11) is 3.59. The largest absolute Gasteiger partial charge is 0.497 e. The number of methoxy groups -OCH3 is 1. The second kappa shape index (κ2) is 3.85. The Labute approximate surface area is 106 Å². The predicted octanol–water partition coefficient (Wildman–Crippen LogP) is 1.58. The molecule has 0 radical (unpaired) electrons. The maximum Gasteiger partial charge on any atom is 0.119 e. The minimum atomic E-state index is -0.432. The number of aromatic nitrogens is 2. The van der Waals surface area contributed by atoms with Crippen molar-refractivity contribution in [3.05, 3.63) is 47.3 Å². The average molecular weight is 243 g/mol. The summed E-state index contributed by atoms with van der Waals surface area (Å²) in [6.07, 6.45) is 5.77. The molecule has 94 valence electrons. The number of hydrogen-bond donors (Lipinski definition) is 1. The Balaban J connectivity index is 2.12. The van der Waals surface area contributed by atoms with Crippen LogP contribution in [0.15, 0.2) is 30.6 Å². The standard InChI is InChI=1S/C14H17N3O/c1-17-9-11(8-16-17)14(15)6-5-10-3-4-12(18-2)7-13(10)14/h3-4,7-9H,5-6,15H2,1-2H3. The lowest BCUT2D eigenvalue weighted by Crippen LogP contribution is -2.35. The van der Waals surface area contributed by atoms with Crippen molar-refractivity contribution in [3.63, 3.8) is 0 Å². The van der Waals surface area contributed by atoms with Crippen LogP contribution in [0.5, 0.6) is 5.75 Å². The summed E-state index contributed by atoms with van der Waals surface area (Å²) in [5.41, 5.74) is 9.72. The number of nitrogens with two attached hydrogens (primary N) is 1. The monoisotopic (exact) mass is 243 g/mol. The summed E-state index contributed by atoms with van der Waals surface area (Å²) >= 11 is 0. The number of benzene rings is 1. The predicted molar refractivity (Wildman–Crippen MR) is 69.5 cm³/mol. The summed E-state index contributed by atoms with van der Waals surface area (Å²) in [6, 6.07) is 6.16. The van der Waals surface area contributed by atoms with Gasteiger partial charge in [-0.15, -0.1) is 0 Å². The molecular formula is C14H17N3O. The maximum absolute atomic E-state index is 6.62. The first-order valence-corrected chi connectivity index (χ1v) is 6.09. The average Bonchev–Trinajstić information content (AvgIpc) is 2.95. The van der Waals surface area contributed by atoms with Gasteiger partial charge >= 0.3 is 0 Å². The fourth-order valence-electron chi connectivity index (χ4n) is 2.73. The van der Waals surface area contributed by atoms with E-state index in [-0.39, 0.29) is 0 Å². The first-order valence-electron chi connectivity index (χ1n) is 6.09. The van der Waals surface area contributed by atoms with Crippen LogP contribution in [-0.2, 0) is 19.0 Å². The normalized spacial score (nSPS) is 21.9. The van der Waals surface area contributed by atoms with Crippen LogP contribution in [0.3, 0.4) is 0 Å². The zero-order valence-corrected chi connectivity index (χ0v) is 10.7. The molecule has 0 spiro atoms. The summed E-state index contributed by atoms with van der Waals surface area (Å²) in [6.45, 7) is 0. The SMILES string of the molecule is COc1ccc2c(c1)C(N)(c1cnn(C)c1)CC2. The van der Waals surface area contributed by atoms with Gasteiger partial charge in [0.1, 0.15) is 5.75 Å². The molecule has 0 fully saturated rings. The second-order valence-electron chi connectivity index (χ2n) is 4.90. The number of fused-ring (bicyclic) bond motifs is 1. The second-order valence-corrected chi connectivity index (χ2v) is 4.90. The van der Waals surface area contributed by atoms with Crippen LogP contribution in [0.2, 0.25) is 0 Å². The van der Waals surface area contributed by atoms with E-state index in [4.69, 9.17) is 10.5 Å². The lowest BCUT2D eigenvalue weighted by atomic mass is 9.87. The molecular weight excluding hydrogens is 226 g/mol. The molecule has 1 heterocycles. The Morgan fingerprint density at radius 3 is 2.94 bits per heavy atom. The molecule has 4 heteroatoms. The molecule has 0 saturated carbocycles. The lowest BCUT2D eigenvalue weighted by molar-refractivity contribution is 0.413. The maximum atomic E-state index is 6.62. The summed E-state index contributed by atoms with van der Waals surface area (Å²) < 4.78 is 7.09. The van der Waals surface area contributed by atoms with Crippen molar-refractivity contribution in [2.24, 2.45) is 12.8 Å². The summed E-state index contributed by atoms with van der Waals surface area (Å²) in [5, 5.41) is 4.23. The Hall–Kier alpha value is -1.81. The first kappa shape index (κ1) is 11.3. The molecule has 1 aromatic heterocycles. The van der Waals surface area contributed by atoms with Gasteiger partial charge < -0.3 is 10.5 Å². The van der Waals surface area contributed by atoms with Gasteiger partial charge in [0.25, 0.3) is 0 Å². The topological polar surface area (TPSA) is 53.1 Å². The van der Waals surface area contributed by atoms with Crippen molar-refractivity contribution in [1.82, 2.24) is 9.78 Å². The number of nitrogens with zero attached hydrogens (tertiary/aromatic N) is 2. The molecule has 1 aromatic carbocycles. The van der Waals surface area contributed by atoms with Gasteiger partial charge in [0.2, 0.25) is 0 Å². The van der Waals surface area contributed by atoms with Crippen LogP contribution in [0.4, 0.5) is 0 Å². The molecule has 3 rings (SSSR count). The molecule has 1 aliphatic rings. The van der Waals surface area contributed by atoms with Crippen molar-refractivity contribution in [3.8, 4) is 5.75 Å². The molecule has 18 heavy (non-hydrogen) atoms. The quantitative estimate of drug-likeness (QED) is 0.871. The van der Waals surface area contributed by atoms with E-state index in [1.54, 1.807) is 11.8 Å². The number of ether oxygens (including phenoxy) is 1. The first-order chi connectivity index (χ1) is 8.63. The molecule has 0 bridgehead atoms. The van der Waals surface area contributed by atoms with E-state index in [2.05, 4.69) is 17.2 Å². The van der Waals surface area contributed by atoms with Crippen molar-refractivity contribution in [2.45, 2.75) is 18.4 Å². The third kappa shape index (κ3) is 1.53. The number of aryl methyl sites for hydroxylation is 2.